The van der Waals surface area contributed by atoms with Crippen LogP contribution in [-0.2, 0) is 20.7 Å². The number of amides is 1. The molecule has 0 saturated heterocycles. The van der Waals surface area contributed by atoms with Crippen molar-refractivity contribution >= 4 is 40.8 Å². The first kappa shape index (κ1) is 17.2. The topological polar surface area (TPSA) is 55.4 Å². The van der Waals surface area contributed by atoms with Gasteiger partial charge in [-0.2, -0.15) is 0 Å². The lowest BCUT2D eigenvalue weighted by atomic mass is 10.1. The van der Waals surface area contributed by atoms with Gasteiger partial charge in [0.15, 0.2) is 6.61 Å². The lowest BCUT2D eigenvalue weighted by molar-refractivity contribution is -0.146. The Kier molecular flexibility index (Phi) is 5.96. The molecule has 0 aliphatic carbocycles. The molecule has 1 amide bonds. The molecule has 0 spiro atoms. The predicted molar refractivity (Wildman–Crippen MR) is 86.2 cm³/mol. The summed E-state index contributed by atoms with van der Waals surface area (Å²) in [6.07, 6.45) is 0.00990. The van der Waals surface area contributed by atoms with Crippen molar-refractivity contribution in [3.8, 4) is 0 Å². The van der Waals surface area contributed by atoms with E-state index in [1.54, 1.807) is 24.3 Å². The van der Waals surface area contributed by atoms with Gasteiger partial charge in [-0.3, -0.25) is 9.59 Å². The van der Waals surface area contributed by atoms with E-state index in [1.165, 1.54) is 12.1 Å². The van der Waals surface area contributed by atoms with Crippen LogP contribution in [0.3, 0.4) is 0 Å². The number of halogens is 3. The van der Waals surface area contributed by atoms with Crippen molar-refractivity contribution in [2.24, 2.45) is 0 Å². The van der Waals surface area contributed by atoms with E-state index in [4.69, 9.17) is 27.9 Å². The van der Waals surface area contributed by atoms with E-state index in [9.17, 15) is 14.0 Å². The summed E-state index contributed by atoms with van der Waals surface area (Å²) in [5.41, 5.74) is 0.636. The highest BCUT2D eigenvalue weighted by Crippen LogP contribution is 2.19. The van der Waals surface area contributed by atoms with Crippen LogP contribution in [0.4, 0.5) is 10.1 Å². The average molecular weight is 356 g/mol. The molecule has 2 aromatic carbocycles. The molecule has 23 heavy (non-hydrogen) atoms. The molecule has 0 aromatic heterocycles. The Morgan fingerprint density at radius 2 is 1.70 bits per heavy atom. The maximum absolute atomic E-state index is 13.5. The lowest BCUT2D eigenvalue weighted by Crippen LogP contribution is -2.22. The first-order valence-corrected chi connectivity index (χ1v) is 7.34. The molecule has 1 N–H and O–H groups in total. The quantitative estimate of drug-likeness (QED) is 0.828. The van der Waals surface area contributed by atoms with E-state index < -0.39 is 24.3 Å². The van der Waals surface area contributed by atoms with Crippen LogP contribution in [0.25, 0.3) is 0 Å². The first-order chi connectivity index (χ1) is 10.9. The van der Waals surface area contributed by atoms with Crippen LogP contribution in [0.5, 0.6) is 0 Å². The summed E-state index contributed by atoms with van der Waals surface area (Å²) in [7, 11) is 0. The van der Waals surface area contributed by atoms with Crippen molar-refractivity contribution in [1.82, 2.24) is 0 Å². The van der Waals surface area contributed by atoms with Crippen molar-refractivity contribution < 1.29 is 18.7 Å². The zero-order valence-electron chi connectivity index (χ0n) is 11.8. The second-order valence-corrected chi connectivity index (χ2v) is 5.51. The van der Waals surface area contributed by atoms with Crippen LogP contribution in [0.15, 0.2) is 42.5 Å². The second kappa shape index (κ2) is 7.94. The molecule has 0 radical (unpaired) electrons. The molecule has 0 atom stereocenters. The van der Waals surface area contributed by atoms with Gasteiger partial charge in [0.2, 0.25) is 0 Å². The summed E-state index contributed by atoms with van der Waals surface area (Å²) in [5, 5.41) is 3.12. The summed E-state index contributed by atoms with van der Waals surface area (Å²) in [6, 6.07) is 10.4. The fourth-order valence-electron chi connectivity index (χ4n) is 1.75. The van der Waals surface area contributed by atoms with Crippen molar-refractivity contribution in [3.05, 3.63) is 63.9 Å². The number of carbonyl (C=O) groups excluding carboxylic acids is 2. The monoisotopic (exact) mass is 355 g/mol. The predicted octanol–water partition coefficient (Wildman–Crippen LogP) is 3.86. The molecule has 0 bridgehead atoms. The van der Waals surface area contributed by atoms with Crippen molar-refractivity contribution in [2.75, 3.05) is 11.9 Å². The highest BCUT2D eigenvalue weighted by atomic mass is 35.5. The third-order valence-corrected chi connectivity index (χ3v) is 3.32. The molecule has 0 aliphatic heterocycles. The number of hydrogen-bond acceptors (Lipinski definition) is 3. The van der Waals surface area contributed by atoms with E-state index in [2.05, 4.69) is 5.32 Å². The first-order valence-electron chi connectivity index (χ1n) is 6.59. The minimum atomic E-state index is -0.657. The Bertz CT molecular complexity index is 720. The fourth-order valence-corrected chi connectivity index (χ4v) is 2.04. The number of esters is 1. The standard InChI is InChI=1S/C16H12Cl2FNO3/c17-11-3-1-10(2-4-11)7-16(22)23-9-15(21)20-14-8-12(18)5-6-13(14)19/h1-6,8H,7,9H2,(H,20,21). The minimum Gasteiger partial charge on any atom is -0.455 e. The van der Waals surface area contributed by atoms with E-state index >= 15 is 0 Å². The van der Waals surface area contributed by atoms with Crippen LogP contribution in [-0.4, -0.2) is 18.5 Å². The van der Waals surface area contributed by atoms with E-state index in [0.717, 1.165) is 6.07 Å². The number of carbonyl (C=O) groups is 2. The second-order valence-electron chi connectivity index (χ2n) is 4.64. The molecule has 4 nitrogen and oxygen atoms in total. The van der Waals surface area contributed by atoms with Crippen LogP contribution >= 0.6 is 23.2 Å². The van der Waals surface area contributed by atoms with Gasteiger partial charge in [0.1, 0.15) is 5.82 Å². The smallest absolute Gasteiger partial charge is 0.310 e. The largest absolute Gasteiger partial charge is 0.455 e. The van der Waals surface area contributed by atoms with E-state index in [-0.39, 0.29) is 17.1 Å². The third-order valence-electron chi connectivity index (χ3n) is 2.83. The number of nitrogens with one attached hydrogen (secondary N) is 1. The molecule has 120 valence electrons. The molecule has 0 fully saturated rings. The molecule has 2 rings (SSSR count). The average Bonchev–Trinajstić information content (AvgIpc) is 2.51. The van der Waals surface area contributed by atoms with Gasteiger partial charge in [-0.25, -0.2) is 4.39 Å². The Morgan fingerprint density at radius 3 is 2.39 bits per heavy atom. The van der Waals surface area contributed by atoms with Crippen LogP contribution in [0, 0.1) is 5.82 Å². The number of anilines is 1. The van der Waals surface area contributed by atoms with Crippen molar-refractivity contribution in [2.45, 2.75) is 6.42 Å². The summed E-state index contributed by atoms with van der Waals surface area (Å²) >= 11 is 11.5. The molecule has 0 aliphatic rings. The SMILES string of the molecule is O=C(COC(=O)Cc1ccc(Cl)cc1)Nc1cc(Cl)ccc1F. The molecular formula is C16H12Cl2FNO3. The van der Waals surface area contributed by atoms with Crippen LogP contribution in [0.2, 0.25) is 10.0 Å². The maximum atomic E-state index is 13.5. The Hall–Kier alpha value is -2.11. The van der Waals surface area contributed by atoms with Crippen molar-refractivity contribution in [1.29, 1.82) is 0 Å². The minimum absolute atomic E-state index is 0.00990. The van der Waals surface area contributed by atoms with Crippen LogP contribution < -0.4 is 5.32 Å². The van der Waals surface area contributed by atoms with Gasteiger partial charge >= 0.3 is 5.97 Å². The van der Waals surface area contributed by atoms with Gasteiger partial charge in [0.25, 0.3) is 5.91 Å². The van der Waals surface area contributed by atoms with E-state index in [0.29, 0.717) is 10.6 Å². The highest BCUT2D eigenvalue weighted by molar-refractivity contribution is 6.31. The zero-order chi connectivity index (χ0) is 16.8. The number of rotatable bonds is 5. The summed E-state index contributed by atoms with van der Waals surface area (Å²) < 4.78 is 18.3. The summed E-state index contributed by atoms with van der Waals surface area (Å²) in [5.74, 6) is -1.86. The molecule has 2 aromatic rings. The molecule has 0 heterocycles. The van der Waals surface area contributed by atoms with Gasteiger partial charge in [-0.05, 0) is 35.9 Å². The number of hydrogen-bond donors (Lipinski definition) is 1. The summed E-state index contributed by atoms with van der Waals surface area (Å²) in [4.78, 5) is 23.3. The molecule has 0 unspecified atom stereocenters. The summed E-state index contributed by atoms with van der Waals surface area (Å²) in [6.45, 7) is -0.515. The van der Waals surface area contributed by atoms with Gasteiger partial charge in [-0.15, -0.1) is 0 Å². The fraction of sp³-hybridized carbons (Fsp3) is 0.125. The maximum Gasteiger partial charge on any atom is 0.310 e. The molecule has 0 saturated carbocycles. The molecule has 7 heteroatoms. The highest BCUT2D eigenvalue weighted by Gasteiger charge is 2.11. The van der Waals surface area contributed by atoms with Crippen LogP contribution in [0.1, 0.15) is 5.56 Å². The van der Waals surface area contributed by atoms with Gasteiger partial charge < -0.3 is 10.1 Å². The normalized spacial score (nSPS) is 10.2. The van der Waals surface area contributed by atoms with E-state index in [1.807, 2.05) is 0 Å². The number of ether oxygens (including phenoxy) is 1. The van der Waals surface area contributed by atoms with Gasteiger partial charge in [-0.1, -0.05) is 35.3 Å². The Morgan fingerprint density at radius 1 is 1.04 bits per heavy atom. The zero-order valence-corrected chi connectivity index (χ0v) is 13.3. The Balaban J connectivity index is 1.83. The lowest BCUT2D eigenvalue weighted by Gasteiger charge is -2.08. The van der Waals surface area contributed by atoms with Crippen molar-refractivity contribution in [3.63, 3.8) is 0 Å². The van der Waals surface area contributed by atoms with Gasteiger partial charge in [0.05, 0.1) is 12.1 Å². The molecular weight excluding hydrogens is 344 g/mol. The Labute approximate surface area is 142 Å². The number of benzene rings is 2. The third kappa shape index (κ3) is 5.54. The van der Waals surface area contributed by atoms with Gasteiger partial charge in [0, 0.05) is 10.0 Å².